The highest BCUT2D eigenvalue weighted by molar-refractivity contribution is 5.84. The zero-order valence-electron chi connectivity index (χ0n) is 16.7. The van der Waals surface area contributed by atoms with Gasteiger partial charge in [-0.2, -0.15) is 13.2 Å². The molecule has 9 heteroatoms. The molecule has 2 aromatic rings. The first-order chi connectivity index (χ1) is 12.9. The van der Waals surface area contributed by atoms with Crippen molar-refractivity contribution in [1.29, 1.82) is 0 Å². The van der Waals surface area contributed by atoms with Gasteiger partial charge in [-0.05, 0) is 19.3 Å². The number of fused-ring (bicyclic) bond motifs is 1. The summed E-state index contributed by atoms with van der Waals surface area (Å²) in [6.45, 7) is 8.69. The zero-order valence-corrected chi connectivity index (χ0v) is 16.7. The van der Waals surface area contributed by atoms with Gasteiger partial charge >= 0.3 is 6.18 Å². The van der Waals surface area contributed by atoms with E-state index in [1.54, 1.807) is 6.92 Å². The highest BCUT2D eigenvalue weighted by Crippen LogP contribution is 2.32. The summed E-state index contributed by atoms with van der Waals surface area (Å²) in [6.07, 6.45) is -2.37. The normalized spacial score (nSPS) is 18.2. The monoisotopic (exact) mass is 397 g/mol. The molecular weight excluding hydrogens is 371 g/mol. The number of imidazole rings is 1. The Morgan fingerprint density at radius 1 is 1.25 bits per heavy atom. The molecule has 1 fully saturated rings. The average molecular weight is 397 g/mol. The Balaban J connectivity index is 1.99. The maximum atomic E-state index is 12.7. The largest absolute Gasteiger partial charge is 0.390 e. The summed E-state index contributed by atoms with van der Waals surface area (Å²) in [5, 5.41) is 0. The van der Waals surface area contributed by atoms with Crippen LogP contribution in [0.1, 0.15) is 52.8 Å². The first-order valence-electron chi connectivity index (χ1n) is 9.48. The Morgan fingerprint density at radius 2 is 1.96 bits per heavy atom. The molecule has 0 radical (unpaired) electrons. The van der Waals surface area contributed by atoms with E-state index in [1.165, 1.54) is 10.9 Å². The van der Waals surface area contributed by atoms with Crippen molar-refractivity contribution in [1.82, 2.24) is 19.5 Å². The molecule has 3 rings (SSSR count). The second kappa shape index (κ2) is 7.33. The first kappa shape index (κ1) is 20.5. The van der Waals surface area contributed by atoms with Crippen LogP contribution in [0.4, 0.5) is 19.0 Å². The molecule has 1 aliphatic heterocycles. The minimum atomic E-state index is -4.24. The standard InChI is InChI=1S/C19H26F3N5O/c1-12(28)9-13-5-7-26(10-13)15-14-16(25-17(24-15)18(2,3)4)27(11-23-14)8-6-19(20,21)22/h11,13H,5-10H2,1-4H3/t13-/m1/s1. The van der Waals surface area contributed by atoms with E-state index >= 15 is 0 Å². The maximum Gasteiger partial charge on any atom is 0.390 e. The number of hydrogen-bond acceptors (Lipinski definition) is 5. The molecule has 0 aliphatic carbocycles. The number of aryl methyl sites for hydroxylation is 1. The van der Waals surface area contributed by atoms with E-state index in [9.17, 15) is 18.0 Å². The van der Waals surface area contributed by atoms with E-state index in [4.69, 9.17) is 4.98 Å². The van der Waals surface area contributed by atoms with Crippen molar-refractivity contribution in [3.63, 3.8) is 0 Å². The zero-order chi connectivity index (χ0) is 20.7. The van der Waals surface area contributed by atoms with Gasteiger partial charge in [0.25, 0.3) is 0 Å². The predicted molar refractivity (Wildman–Crippen MR) is 100 cm³/mol. The number of anilines is 1. The number of alkyl halides is 3. The maximum absolute atomic E-state index is 12.7. The van der Waals surface area contributed by atoms with E-state index < -0.39 is 12.6 Å². The molecule has 1 aliphatic rings. The third-order valence-corrected chi connectivity index (χ3v) is 4.91. The Kier molecular flexibility index (Phi) is 5.38. The number of ketones is 1. The summed E-state index contributed by atoms with van der Waals surface area (Å²) in [5.41, 5.74) is 0.577. The smallest absolute Gasteiger partial charge is 0.354 e. The molecule has 1 atom stereocenters. The molecule has 0 saturated carbocycles. The summed E-state index contributed by atoms with van der Waals surface area (Å²) < 4.78 is 39.5. The van der Waals surface area contributed by atoms with Gasteiger partial charge in [-0.1, -0.05) is 20.8 Å². The lowest BCUT2D eigenvalue weighted by atomic mass is 9.96. The fraction of sp³-hybridized carbons (Fsp3) is 0.684. The SMILES string of the molecule is CC(=O)C[C@H]1CCN(c2nc(C(C)(C)C)nc3c2ncn3CCC(F)(F)F)C1. The molecule has 3 heterocycles. The summed E-state index contributed by atoms with van der Waals surface area (Å²) in [5.74, 6) is 1.63. The van der Waals surface area contributed by atoms with E-state index in [2.05, 4.69) is 14.9 Å². The summed E-state index contributed by atoms with van der Waals surface area (Å²) in [4.78, 5) is 27.1. The van der Waals surface area contributed by atoms with Gasteiger partial charge in [0.05, 0.1) is 12.7 Å². The molecule has 0 unspecified atom stereocenters. The number of carbonyl (C=O) groups excluding carboxylic acids is 1. The molecule has 0 amide bonds. The van der Waals surface area contributed by atoms with Crippen LogP contribution in [0.15, 0.2) is 6.33 Å². The highest BCUT2D eigenvalue weighted by atomic mass is 19.4. The lowest BCUT2D eigenvalue weighted by molar-refractivity contribution is -0.136. The molecule has 0 spiro atoms. The second-order valence-corrected chi connectivity index (χ2v) is 8.60. The molecule has 0 N–H and O–H groups in total. The molecular formula is C19H26F3N5O. The van der Waals surface area contributed by atoms with E-state index in [0.717, 1.165) is 13.0 Å². The van der Waals surface area contributed by atoms with Gasteiger partial charge < -0.3 is 14.3 Å². The van der Waals surface area contributed by atoms with Crippen LogP contribution in [0.2, 0.25) is 0 Å². The molecule has 0 aromatic carbocycles. The van der Waals surface area contributed by atoms with Gasteiger partial charge in [0, 0.05) is 31.5 Å². The number of rotatable bonds is 5. The minimum Gasteiger partial charge on any atom is -0.354 e. The van der Waals surface area contributed by atoms with E-state index in [1.807, 2.05) is 20.8 Å². The third kappa shape index (κ3) is 4.62. The van der Waals surface area contributed by atoms with Gasteiger partial charge in [0.15, 0.2) is 17.0 Å². The van der Waals surface area contributed by atoms with Crippen molar-refractivity contribution in [3.05, 3.63) is 12.2 Å². The van der Waals surface area contributed by atoms with E-state index in [-0.39, 0.29) is 23.7 Å². The summed E-state index contributed by atoms with van der Waals surface area (Å²) >= 11 is 0. The predicted octanol–water partition coefficient (Wildman–Crippen LogP) is 3.88. The Hall–Kier alpha value is -2.19. The Morgan fingerprint density at radius 3 is 2.57 bits per heavy atom. The Labute approximate surface area is 162 Å². The van der Waals surface area contributed by atoms with Crippen LogP contribution in [0, 0.1) is 5.92 Å². The van der Waals surface area contributed by atoms with E-state index in [0.29, 0.717) is 35.8 Å². The van der Waals surface area contributed by atoms with Crippen LogP contribution >= 0.6 is 0 Å². The van der Waals surface area contributed by atoms with Crippen molar-refractivity contribution in [3.8, 4) is 0 Å². The lowest BCUT2D eigenvalue weighted by Gasteiger charge is -2.22. The molecule has 1 saturated heterocycles. The number of halogens is 3. The van der Waals surface area contributed by atoms with Crippen molar-refractivity contribution in [2.75, 3.05) is 18.0 Å². The van der Waals surface area contributed by atoms with Crippen molar-refractivity contribution in [2.24, 2.45) is 5.92 Å². The van der Waals surface area contributed by atoms with Crippen LogP contribution < -0.4 is 4.90 Å². The molecule has 154 valence electrons. The molecule has 6 nitrogen and oxygen atoms in total. The van der Waals surface area contributed by atoms with Crippen LogP contribution in [0.3, 0.4) is 0 Å². The van der Waals surface area contributed by atoms with Gasteiger partial charge in [0.1, 0.15) is 11.6 Å². The molecule has 28 heavy (non-hydrogen) atoms. The fourth-order valence-electron chi connectivity index (χ4n) is 3.49. The summed E-state index contributed by atoms with van der Waals surface area (Å²) in [6, 6.07) is 0. The first-order valence-corrected chi connectivity index (χ1v) is 9.48. The van der Waals surface area contributed by atoms with Crippen molar-refractivity contribution in [2.45, 2.75) is 65.1 Å². The quantitative estimate of drug-likeness (QED) is 0.766. The van der Waals surface area contributed by atoms with Gasteiger partial charge in [0.2, 0.25) is 0 Å². The van der Waals surface area contributed by atoms with Crippen molar-refractivity contribution >= 4 is 22.8 Å². The third-order valence-electron chi connectivity index (χ3n) is 4.91. The lowest BCUT2D eigenvalue weighted by Crippen LogP contribution is -2.25. The number of aromatic nitrogens is 4. The van der Waals surface area contributed by atoms with Gasteiger partial charge in [-0.15, -0.1) is 0 Å². The van der Waals surface area contributed by atoms with Crippen LogP contribution in [-0.2, 0) is 16.8 Å². The van der Waals surface area contributed by atoms with Crippen LogP contribution in [0.25, 0.3) is 11.2 Å². The topological polar surface area (TPSA) is 63.9 Å². The average Bonchev–Trinajstić information content (AvgIpc) is 3.16. The van der Waals surface area contributed by atoms with Crippen molar-refractivity contribution < 1.29 is 18.0 Å². The number of Topliss-reactive ketones (excluding diaryl/α,β-unsaturated/α-hetero) is 1. The molecule has 2 aromatic heterocycles. The second-order valence-electron chi connectivity index (χ2n) is 8.60. The summed E-state index contributed by atoms with van der Waals surface area (Å²) in [7, 11) is 0. The number of nitrogens with zero attached hydrogens (tertiary/aromatic N) is 5. The number of carbonyl (C=O) groups is 1. The Bertz CT molecular complexity index is 869. The van der Waals surface area contributed by atoms with Crippen LogP contribution in [-0.4, -0.2) is 44.6 Å². The fourth-order valence-corrected chi connectivity index (χ4v) is 3.49. The minimum absolute atomic E-state index is 0.159. The van der Waals surface area contributed by atoms with Gasteiger partial charge in [-0.3, -0.25) is 0 Å². The van der Waals surface area contributed by atoms with Crippen LogP contribution in [0.5, 0.6) is 0 Å². The number of hydrogen-bond donors (Lipinski definition) is 0. The van der Waals surface area contributed by atoms with Gasteiger partial charge in [-0.25, -0.2) is 15.0 Å². The highest BCUT2D eigenvalue weighted by Gasteiger charge is 2.31. The molecule has 0 bridgehead atoms.